The number of amides is 1. The summed E-state index contributed by atoms with van der Waals surface area (Å²) in [5, 5.41) is 9.39. The number of hydrogen-bond acceptors (Lipinski definition) is 3. The van der Waals surface area contributed by atoms with Gasteiger partial charge in [0.2, 0.25) is 0 Å². The molecule has 7 heteroatoms. The molecular formula is C20H17ClFNO4. The van der Waals surface area contributed by atoms with Crippen molar-refractivity contribution in [1.29, 1.82) is 0 Å². The maximum absolute atomic E-state index is 14.4. The monoisotopic (exact) mass is 389 g/mol. The first-order chi connectivity index (χ1) is 12.9. The van der Waals surface area contributed by atoms with Crippen LogP contribution >= 0.6 is 11.6 Å². The molecule has 1 atom stereocenters. The Morgan fingerprint density at radius 2 is 2.11 bits per heavy atom. The van der Waals surface area contributed by atoms with Crippen LogP contribution in [0.2, 0.25) is 5.02 Å². The van der Waals surface area contributed by atoms with Gasteiger partial charge >= 0.3 is 6.09 Å². The number of benzene rings is 2. The molecule has 2 aliphatic rings. The second-order valence-corrected chi connectivity index (χ2v) is 7.05. The van der Waals surface area contributed by atoms with Crippen LogP contribution in [0.15, 0.2) is 42.5 Å². The fourth-order valence-electron chi connectivity index (χ4n) is 3.43. The summed E-state index contributed by atoms with van der Waals surface area (Å²) in [6, 6.07) is 9.87. The van der Waals surface area contributed by atoms with Gasteiger partial charge in [-0.2, -0.15) is 0 Å². The molecule has 0 aliphatic carbocycles. The van der Waals surface area contributed by atoms with Gasteiger partial charge < -0.3 is 19.5 Å². The number of rotatable bonds is 2. The standard InChI is InChI=1S/C20H17ClFNO4/c1-20(15-6-5-13(21)11-16(15)22)26-17-4-2-3-14(18(17)27-20)12-7-9-23(10-8-12)19(24)25/h2-7,11H,8-10H2,1H3,(H,24,25)/t20-/m1/s1. The third kappa shape index (κ3) is 3.10. The van der Waals surface area contributed by atoms with E-state index in [0.717, 1.165) is 11.1 Å². The van der Waals surface area contributed by atoms with Crippen molar-refractivity contribution < 1.29 is 23.8 Å². The summed E-state index contributed by atoms with van der Waals surface area (Å²) in [5.74, 6) is -0.765. The summed E-state index contributed by atoms with van der Waals surface area (Å²) < 4.78 is 26.5. The van der Waals surface area contributed by atoms with Crippen LogP contribution < -0.4 is 9.47 Å². The van der Waals surface area contributed by atoms with E-state index in [9.17, 15) is 9.18 Å². The molecule has 2 aromatic carbocycles. The van der Waals surface area contributed by atoms with E-state index in [1.165, 1.54) is 11.0 Å². The fourth-order valence-corrected chi connectivity index (χ4v) is 3.59. The highest BCUT2D eigenvalue weighted by molar-refractivity contribution is 6.30. The van der Waals surface area contributed by atoms with Gasteiger partial charge in [-0.3, -0.25) is 0 Å². The topological polar surface area (TPSA) is 59.0 Å². The third-order valence-corrected chi connectivity index (χ3v) is 5.06. The molecule has 4 rings (SSSR count). The first-order valence-corrected chi connectivity index (χ1v) is 8.89. The van der Waals surface area contributed by atoms with Crippen molar-refractivity contribution in [2.24, 2.45) is 0 Å². The van der Waals surface area contributed by atoms with E-state index >= 15 is 0 Å². The Morgan fingerprint density at radius 3 is 2.78 bits per heavy atom. The first kappa shape index (κ1) is 17.7. The quantitative estimate of drug-likeness (QED) is 0.794. The molecule has 1 N–H and O–H groups in total. The van der Waals surface area contributed by atoms with Crippen LogP contribution in [-0.2, 0) is 5.79 Å². The molecule has 0 bridgehead atoms. The Hall–Kier alpha value is -2.73. The summed E-state index contributed by atoms with van der Waals surface area (Å²) >= 11 is 5.84. The Labute approximate surface area is 160 Å². The predicted octanol–water partition coefficient (Wildman–Crippen LogP) is 4.89. The van der Waals surface area contributed by atoms with Crippen LogP contribution in [-0.4, -0.2) is 29.2 Å². The lowest BCUT2D eigenvalue weighted by atomic mass is 9.98. The Morgan fingerprint density at radius 1 is 1.30 bits per heavy atom. The van der Waals surface area contributed by atoms with Crippen molar-refractivity contribution in [3.05, 3.63) is 64.4 Å². The van der Waals surface area contributed by atoms with Crippen molar-refractivity contribution >= 4 is 23.3 Å². The van der Waals surface area contributed by atoms with Gasteiger partial charge in [0.25, 0.3) is 5.79 Å². The molecule has 0 spiro atoms. The van der Waals surface area contributed by atoms with Crippen LogP contribution in [0.5, 0.6) is 11.5 Å². The molecule has 0 saturated heterocycles. The van der Waals surface area contributed by atoms with E-state index in [4.69, 9.17) is 26.2 Å². The van der Waals surface area contributed by atoms with Gasteiger partial charge in [0.05, 0.1) is 5.56 Å². The summed E-state index contributed by atoms with van der Waals surface area (Å²) in [7, 11) is 0. The van der Waals surface area contributed by atoms with E-state index in [1.54, 1.807) is 25.1 Å². The van der Waals surface area contributed by atoms with Crippen LogP contribution in [0.25, 0.3) is 5.57 Å². The van der Waals surface area contributed by atoms with Crippen molar-refractivity contribution in [2.75, 3.05) is 13.1 Å². The molecule has 2 heterocycles. The maximum Gasteiger partial charge on any atom is 0.407 e. The van der Waals surface area contributed by atoms with Gasteiger partial charge in [-0.1, -0.05) is 29.8 Å². The Balaban J connectivity index is 1.67. The molecule has 2 aliphatic heterocycles. The van der Waals surface area contributed by atoms with Crippen molar-refractivity contribution in [3.8, 4) is 11.5 Å². The normalized spacial score (nSPS) is 21.1. The number of carbonyl (C=O) groups is 1. The fraction of sp³-hybridized carbons (Fsp3) is 0.250. The van der Waals surface area contributed by atoms with Gasteiger partial charge in [-0.15, -0.1) is 0 Å². The number of carboxylic acid groups (broad SMARTS) is 1. The first-order valence-electron chi connectivity index (χ1n) is 8.51. The van der Waals surface area contributed by atoms with Crippen molar-refractivity contribution in [1.82, 2.24) is 4.90 Å². The Bertz CT molecular complexity index is 961. The number of fused-ring (bicyclic) bond motifs is 1. The SMILES string of the molecule is C[C@@]1(c2ccc(Cl)cc2F)Oc2cccc(C3=CCN(C(=O)O)CC3)c2O1. The average Bonchev–Trinajstić information content (AvgIpc) is 2.98. The molecule has 0 radical (unpaired) electrons. The van der Waals surface area contributed by atoms with Gasteiger partial charge in [0.1, 0.15) is 5.82 Å². The van der Waals surface area contributed by atoms with Crippen molar-refractivity contribution in [2.45, 2.75) is 19.1 Å². The zero-order valence-electron chi connectivity index (χ0n) is 14.5. The average molecular weight is 390 g/mol. The van der Waals surface area contributed by atoms with Gasteiger partial charge in [-0.05, 0) is 36.3 Å². The van der Waals surface area contributed by atoms with E-state index in [1.807, 2.05) is 18.2 Å². The van der Waals surface area contributed by atoms with Crippen LogP contribution in [0, 0.1) is 5.82 Å². The second kappa shape index (κ2) is 6.46. The van der Waals surface area contributed by atoms with Gasteiger partial charge in [-0.25, -0.2) is 9.18 Å². The van der Waals surface area contributed by atoms with Crippen LogP contribution in [0.1, 0.15) is 24.5 Å². The van der Waals surface area contributed by atoms with E-state index in [0.29, 0.717) is 36.0 Å². The molecular weight excluding hydrogens is 373 g/mol. The third-order valence-electron chi connectivity index (χ3n) is 4.83. The molecule has 0 aromatic heterocycles. The minimum atomic E-state index is -1.31. The zero-order valence-corrected chi connectivity index (χ0v) is 15.3. The predicted molar refractivity (Wildman–Crippen MR) is 98.7 cm³/mol. The van der Waals surface area contributed by atoms with Crippen LogP contribution in [0.3, 0.4) is 0 Å². The van der Waals surface area contributed by atoms with E-state index in [-0.39, 0.29) is 5.56 Å². The lowest BCUT2D eigenvalue weighted by Gasteiger charge is -2.25. The van der Waals surface area contributed by atoms with E-state index in [2.05, 4.69) is 0 Å². The minimum Gasteiger partial charge on any atom is -0.465 e. The molecule has 2 aromatic rings. The number of halogens is 2. The highest BCUT2D eigenvalue weighted by Gasteiger charge is 2.42. The molecule has 0 saturated carbocycles. The molecule has 1 amide bonds. The smallest absolute Gasteiger partial charge is 0.407 e. The largest absolute Gasteiger partial charge is 0.465 e. The molecule has 5 nitrogen and oxygen atoms in total. The Kier molecular flexibility index (Phi) is 4.23. The highest BCUT2D eigenvalue weighted by Crippen LogP contribution is 2.48. The lowest BCUT2D eigenvalue weighted by molar-refractivity contribution is -0.0708. The second-order valence-electron chi connectivity index (χ2n) is 6.61. The summed E-state index contributed by atoms with van der Waals surface area (Å²) in [4.78, 5) is 12.4. The number of hydrogen-bond donors (Lipinski definition) is 1. The summed E-state index contributed by atoms with van der Waals surface area (Å²) in [6.07, 6.45) is 1.50. The number of para-hydroxylation sites is 1. The van der Waals surface area contributed by atoms with Gasteiger partial charge in [0.15, 0.2) is 11.5 Å². The molecule has 0 unspecified atom stereocenters. The molecule has 0 fully saturated rings. The minimum absolute atomic E-state index is 0.253. The van der Waals surface area contributed by atoms with Crippen molar-refractivity contribution in [3.63, 3.8) is 0 Å². The highest BCUT2D eigenvalue weighted by atomic mass is 35.5. The lowest BCUT2D eigenvalue weighted by Crippen LogP contribution is -2.33. The molecule has 27 heavy (non-hydrogen) atoms. The van der Waals surface area contributed by atoms with Gasteiger partial charge in [0, 0.05) is 30.6 Å². The van der Waals surface area contributed by atoms with Crippen LogP contribution in [0.4, 0.5) is 9.18 Å². The number of nitrogens with zero attached hydrogens (tertiary/aromatic N) is 1. The maximum atomic E-state index is 14.4. The molecule has 140 valence electrons. The zero-order chi connectivity index (χ0) is 19.2. The number of ether oxygens (including phenoxy) is 2. The summed E-state index contributed by atoms with van der Waals surface area (Å²) in [6.45, 7) is 2.39. The van der Waals surface area contributed by atoms with E-state index < -0.39 is 17.7 Å². The summed E-state index contributed by atoms with van der Waals surface area (Å²) in [5.41, 5.74) is 2.06.